The van der Waals surface area contributed by atoms with Gasteiger partial charge in [-0.1, -0.05) is 0 Å². The molecule has 1 heterocycles. The van der Waals surface area contributed by atoms with Crippen molar-refractivity contribution in [1.82, 2.24) is 5.32 Å². The number of aliphatic hydroxyl groups excluding tert-OH is 1. The predicted molar refractivity (Wildman–Crippen MR) is 73.8 cm³/mol. The van der Waals surface area contributed by atoms with Crippen molar-refractivity contribution in [1.29, 1.82) is 0 Å². The van der Waals surface area contributed by atoms with Gasteiger partial charge >= 0.3 is 0 Å². The Hall–Kier alpha value is -2.08. The molecule has 3 N–H and O–H groups in total. The number of rotatable bonds is 5. The highest BCUT2D eigenvalue weighted by atomic mass is 16.5. The fourth-order valence-electron chi connectivity index (χ4n) is 2.00. The molecule has 1 aliphatic heterocycles. The summed E-state index contributed by atoms with van der Waals surface area (Å²) >= 11 is 0. The zero-order valence-electron chi connectivity index (χ0n) is 11.3. The maximum absolute atomic E-state index is 12.1. The zero-order chi connectivity index (χ0) is 14.5. The van der Waals surface area contributed by atoms with Gasteiger partial charge in [-0.2, -0.15) is 0 Å². The van der Waals surface area contributed by atoms with Crippen molar-refractivity contribution in [3.05, 3.63) is 23.8 Å². The second kappa shape index (κ2) is 6.38. The van der Waals surface area contributed by atoms with Crippen LogP contribution in [0.4, 0.5) is 5.69 Å². The van der Waals surface area contributed by atoms with Gasteiger partial charge in [0.05, 0.1) is 5.69 Å². The lowest BCUT2D eigenvalue weighted by Crippen LogP contribution is -2.33. The van der Waals surface area contributed by atoms with Crippen LogP contribution in [0.3, 0.4) is 0 Å². The number of ether oxygens (including phenoxy) is 1. The van der Waals surface area contributed by atoms with Crippen LogP contribution in [0.15, 0.2) is 18.2 Å². The lowest BCUT2D eigenvalue weighted by Gasteiger charge is -2.19. The van der Waals surface area contributed by atoms with E-state index >= 15 is 0 Å². The first-order valence-electron chi connectivity index (χ1n) is 6.58. The summed E-state index contributed by atoms with van der Waals surface area (Å²) in [5, 5.41) is 14.3. The number of carbonyl (C=O) groups is 2. The number of fused-ring (bicyclic) bond motifs is 1. The summed E-state index contributed by atoms with van der Waals surface area (Å²) in [5.41, 5.74) is 0.974. The number of hydrogen-bond donors (Lipinski definition) is 3. The number of amides is 2. The minimum Gasteiger partial charge on any atom is -0.482 e. The smallest absolute Gasteiger partial charge is 0.262 e. The maximum Gasteiger partial charge on any atom is 0.262 e. The maximum atomic E-state index is 12.1. The quantitative estimate of drug-likeness (QED) is 0.747. The first kappa shape index (κ1) is 14.3. The van der Waals surface area contributed by atoms with Gasteiger partial charge in [-0.3, -0.25) is 9.59 Å². The van der Waals surface area contributed by atoms with E-state index in [1.54, 1.807) is 18.2 Å². The standard InChI is InChI=1S/C14H18N2O4/c1-9(3-2-6-17)15-14(19)10-4-5-12-11(7-10)16-13(18)8-20-12/h4-5,7,9,17H,2-3,6,8H2,1H3,(H,15,19)(H,16,18). The highest BCUT2D eigenvalue weighted by Gasteiger charge is 2.18. The van der Waals surface area contributed by atoms with Crippen molar-refractivity contribution < 1.29 is 19.4 Å². The van der Waals surface area contributed by atoms with E-state index in [2.05, 4.69) is 10.6 Å². The Balaban J connectivity index is 2.03. The van der Waals surface area contributed by atoms with Gasteiger partial charge in [0.2, 0.25) is 0 Å². The fraction of sp³-hybridized carbons (Fsp3) is 0.429. The topological polar surface area (TPSA) is 87.7 Å². The third kappa shape index (κ3) is 3.48. The van der Waals surface area contributed by atoms with Gasteiger partial charge in [0.1, 0.15) is 5.75 Å². The highest BCUT2D eigenvalue weighted by molar-refractivity contribution is 5.99. The Labute approximate surface area is 117 Å². The summed E-state index contributed by atoms with van der Waals surface area (Å²) in [5.74, 6) is 0.124. The minimum absolute atomic E-state index is 0.00324. The fourth-order valence-corrected chi connectivity index (χ4v) is 2.00. The molecule has 0 saturated carbocycles. The average Bonchev–Trinajstić information content (AvgIpc) is 2.44. The van der Waals surface area contributed by atoms with E-state index in [9.17, 15) is 9.59 Å². The molecule has 1 aliphatic rings. The normalized spacial score (nSPS) is 14.8. The van der Waals surface area contributed by atoms with Crippen molar-refractivity contribution in [3.8, 4) is 5.75 Å². The molecule has 2 amide bonds. The predicted octanol–water partition coefficient (Wildman–Crippen LogP) is 0.908. The molecule has 0 saturated heterocycles. The van der Waals surface area contributed by atoms with Crippen LogP contribution in [-0.2, 0) is 4.79 Å². The Bertz CT molecular complexity index is 516. The molecule has 0 aromatic heterocycles. The van der Waals surface area contributed by atoms with Gasteiger partial charge in [-0.15, -0.1) is 0 Å². The first-order chi connectivity index (χ1) is 9.60. The number of aliphatic hydroxyl groups is 1. The van der Waals surface area contributed by atoms with Crippen LogP contribution in [0.2, 0.25) is 0 Å². The number of anilines is 1. The summed E-state index contributed by atoms with van der Waals surface area (Å²) in [6.07, 6.45) is 1.36. The van der Waals surface area contributed by atoms with Gasteiger partial charge < -0.3 is 20.5 Å². The van der Waals surface area contributed by atoms with E-state index in [0.717, 1.165) is 0 Å². The first-order valence-corrected chi connectivity index (χ1v) is 6.58. The molecule has 20 heavy (non-hydrogen) atoms. The SMILES string of the molecule is CC(CCCO)NC(=O)c1ccc2c(c1)NC(=O)CO2. The number of hydrogen-bond acceptors (Lipinski definition) is 4. The molecule has 0 spiro atoms. The molecule has 1 atom stereocenters. The van der Waals surface area contributed by atoms with E-state index < -0.39 is 0 Å². The van der Waals surface area contributed by atoms with Crippen LogP contribution >= 0.6 is 0 Å². The molecular weight excluding hydrogens is 260 g/mol. The third-order valence-corrected chi connectivity index (χ3v) is 3.05. The third-order valence-electron chi connectivity index (χ3n) is 3.05. The lowest BCUT2D eigenvalue weighted by atomic mass is 10.1. The van der Waals surface area contributed by atoms with Gasteiger partial charge in [0, 0.05) is 18.2 Å². The largest absolute Gasteiger partial charge is 0.482 e. The van der Waals surface area contributed by atoms with Crippen molar-refractivity contribution in [2.45, 2.75) is 25.8 Å². The van der Waals surface area contributed by atoms with E-state index in [0.29, 0.717) is 29.8 Å². The second-order valence-corrected chi connectivity index (χ2v) is 4.79. The van der Waals surface area contributed by atoms with Crippen LogP contribution in [0, 0.1) is 0 Å². The summed E-state index contributed by atoms with van der Waals surface area (Å²) in [6, 6.07) is 4.91. The van der Waals surface area contributed by atoms with Gasteiger partial charge in [0.15, 0.2) is 6.61 Å². The van der Waals surface area contributed by atoms with E-state index in [4.69, 9.17) is 9.84 Å². The van der Waals surface area contributed by atoms with Crippen LogP contribution in [0.5, 0.6) is 5.75 Å². The number of nitrogens with one attached hydrogen (secondary N) is 2. The summed E-state index contributed by atoms with van der Waals surface area (Å²) < 4.78 is 5.23. The van der Waals surface area contributed by atoms with E-state index in [1.165, 1.54) is 0 Å². The monoisotopic (exact) mass is 278 g/mol. The summed E-state index contributed by atoms with van der Waals surface area (Å²) in [7, 11) is 0. The molecule has 0 radical (unpaired) electrons. The van der Waals surface area contributed by atoms with Crippen molar-refractivity contribution in [2.24, 2.45) is 0 Å². The molecule has 0 bridgehead atoms. The van der Waals surface area contributed by atoms with Crippen molar-refractivity contribution in [3.63, 3.8) is 0 Å². The summed E-state index contributed by atoms with van der Waals surface area (Å²) in [4.78, 5) is 23.3. The van der Waals surface area contributed by atoms with Crippen LogP contribution in [-0.4, -0.2) is 36.2 Å². The molecule has 1 aromatic carbocycles. The molecule has 0 fully saturated rings. The zero-order valence-corrected chi connectivity index (χ0v) is 11.3. The minimum atomic E-state index is -0.230. The Morgan fingerprint density at radius 1 is 1.55 bits per heavy atom. The number of carbonyl (C=O) groups excluding carboxylic acids is 2. The lowest BCUT2D eigenvalue weighted by molar-refractivity contribution is -0.118. The van der Waals surface area contributed by atoms with Gasteiger partial charge in [-0.05, 0) is 38.0 Å². The van der Waals surface area contributed by atoms with E-state index in [1.807, 2.05) is 6.92 Å². The second-order valence-electron chi connectivity index (χ2n) is 4.79. The van der Waals surface area contributed by atoms with Crippen molar-refractivity contribution >= 4 is 17.5 Å². The Morgan fingerprint density at radius 2 is 2.35 bits per heavy atom. The van der Waals surface area contributed by atoms with E-state index in [-0.39, 0.29) is 31.1 Å². The molecule has 108 valence electrons. The van der Waals surface area contributed by atoms with Gasteiger partial charge in [0.25, 0.3) is 11.8 Å². The van der Waals surface area contributed by atoms with Crippen LogP contribution in [0.1, 0.15) is 30.1 Å². The highest BCUT2D eigenvalue weighted by Crippen LogP contribution is 2.28. The van der Waals surface area contributed by atoms with Crippen LogP contribution in [0.25, 0.3) is 0 Å². The molecule has 6 heteroatoms. The van der Waals surface area contributed by atoms with Gasteiger partial charge in [-0.25, -0.2) is 0 Å². The Morgan fingerprint density at radius 3 is 3.10 bits per heavy atom. The molecular formula is C14H18N2O4. The molecule has 2 rings (SSSR count). The molecule has 0 aliphatic carbocycles. The van der Waals surface area contributed by atoms with Crippen molar-refractivity contribution in [2.75, 3.05) is 18.5 Å². The van der Waals surface area contributed by atoms with Crippen LogP contribution < -0.4 is 15.4 Å². The molecule has 1 aromatic rings. The Kier molecular flexibility index (Phi) is 4.57. The average molecular weight is 278 g/mol. The number of benzene rings is 1. The summed E-state index contributed by atoms with van der Waals surface area (Å²) in [6.45, 7) is 2.00. The molecule has 1 unspecified atom stereocenters. The molecule has 6 nitrogen and oxygen atoms in total.